The average molecular weight is 538 g/mol. The van der Waals surface area contributed by atoms with Crippen molar-refractivity contribution in [1.82, 2.24) is 9.80 Å². The maximum Gasteiger partial charge on any atom is 0.0914 e. The number of hydrogen-bond donors (Lipinski definition) is 0. The van der Waals surface area contributed by atoms with Gasteiger partial charge in [0.1, 0.15) is 0 Å². The third-order valence-corrected chi connectivity index (χ3v) is 5.73. The van der Waals surface area contributed by atoms with Crippen LogP contribution in [0.3, 0.4) is 0 Å². The molecule has 4 nitrogen and oxygen atoms in total. The van der Waals surface area contributed by atoms with Crippen molar-refractivity contribution in [2.45, 2.75) is 12.8 Å². The van der Waals surface area contributed by atoms with Crippen LogP contribution in [0.1, 0.15) is 12.8 Å². The molecule has 2 fully saturated rings. The molecule has 2 aliphatic rings. The molecular weight excluding hydrogens is 502 g/mol. The normalized spacial score (nSPS) is 25.1. The zero-order valence-electron chi connectivity index (χ0n) is 15.0. The molecule has 0 radical (unpaired) electrons. The van der Waals surface area contributed by atoms with Gasteiger partial charge in [-0.25, -0.2) is 0 Å². The van der Waals surface area contributed by atoms with Crippen LogP contribution >= 0.6 is 0 Å². The van der Waals surface area contributed by atoms with Crippen LogP contribution in [0, 0.1) is 0 Å². The lowest BCUT2D eigenvalue weighted by Gasteiger charge is -2.42. The predicted molar refractivity (Wildman–Crippen MR) is 85.8 cm³/mol. The van der Waals surface area contributed by atoms with Crippen molar-refractivity contribution in [3.05, 3.63) is 0 Å². The Kier molecular flexibility index (Phi) is 10.9. The maximum atomic E-state index is 2.47. The summed E-state index contributed by atoms with van der Waals surface area (Å²) < 4.78 is 2.60. The molecule has 0 aliphatic carbocycles. The molecule has 0 aromatic heterocycles. The van der Waals surface area contributed by atoms with Gasteiger partial charge in [-0.2, -0.15) is 0 Å². The minimum absolute atomic E-state index is 0. The van der Waals surface area contributed by atoms with E-state index in [0.717, 1.165) is 0 Å². The largest absolute Gasteiger partial charge is 1.00 e. The molecule has 134 valence electrons. The van der Waals surface area contributed by atoms with Crippen molar-refractivity contribution in [1.29, 1.82) is 0 Å². The number of unbranched alkanes of at least 4 members (excludes halogenated alkanes) is 1. The van der Waals surface area contributed by atoms with Crippen molar-refractivity contribution >= 4 is 0 Å². The zero-order valence-corrected chi connectivity index (χ0v) is 19.3. The fraction of sp³-hybridized carbons (Fsp3) is 1.00. The topological polar surface area (TPSA) is 6.48 Å². The average Bonchev–Trinajstić information content (AvgIpc) is 2.43. The Bertz CT molecular complexity index is 269. The minimum atomic E-state index is 0. The summed E-state index contributed by atoms with van der Waals surface area (Å²) >= 11 is 0. The smallest absolute Gasteiger partial charge is 0.0914 e. The molecule has 0 unspecified atom stereocenters. The summed E-state index contributed by atoms with van der Waals surface area (Å²) in [5.41, 5.74) is 0. The van der Waals surface area contributed by atoms with E-state index in [9.17, 15) is 0 Å². The van der Waals surface area contributed by atoms with Gasteiger partial charge in [-0.1, -0.05) is 0 Å². The lowest BCUT2D eigenvalue weighted by Crippen LogP contribution is -3.00. The van der Waals surface area contributed by atoms with Crippen LogP contribution in [0.15, 0.2) is 0 Å². The quantitative estimate of drug-likeness (QED) is 0.196. The molecule has 0 N–H and O–H groups in total. The third kappa shape index (κ3) is 7.46. The van der Waals surface area contributed by atoms with Crippen LogP contribution in [0.2, 0.25) is 0 Å². The maximum absolute atomic E-state index is 2.47. The number of piperazine rings is 2. The first kappa shape index (κ1) is 23.3. The predicted octanol–water partition coefficient (Wildman–Crippen LogP) is -5.44. The zero-order chi connectivity index (χ0) is 14.6. The molecule has 2 rings (SSSR count). The second-order valence-electron chi connectivity index (χ2n) is 7.89. The number of hydrogen-bond acceptors (Lipinski definition) is 2. The van der Waals surface area contributed by atoms with Crippen LogP contribution in [0.25, 0.3) is 0 Å². The summed E-state index contributed by atoms with van der Waals surface area (Å²) in [5, 5.41) is 0. The van der Waals surface area contributed by atoms with Crippen LogP contribution in [-0.2, 0) is 0 Å². The van der Waals surface area contributed by atoms with Crippen molar-refractivity contribution in [3.63, 3.8) is 0 Å². The standard InChI is InChI=1S/C16H36N4.2HI/c1-17-7-13-19(3,14-8-17)11-5-6-12-20(4)15-9-18(2)10-16-20;;/h5-16H2,1-4H3;2*1H/q+2;;/p-2. The Labute approximate surface area is 172 Å². The van der Waals surface area contributed by atoms with Crippen molar-refractivity contribution < 1.29 is 56.9 Å². The molecule has 2 saturated heterocycles. The Balaban J connectivity index is 0.00000220. The Morgan fingerprint density at radius 1 is 0.636 bits per heavy atom. The monoisotopic (exact) mass is 538 g/mol. The van der Waals surface area contributed by atoms with Gasteiger partial charge in [0.2, 0.25) is 0 Å². The van der Waals surface area contributed by atoms with Gasteiger partial charge >= 0.3 is 0 Å². The van der Waals surface area contributed by atoms with Gasteiger partial charge in [0.05, 0.1) is 53.4 Å². The van der Waals surface area contributed by atoms with Gasteiger partial charge < -0.3 is 56.9 Å². The van der Waals surface area contributed by atoms with E-state index in [1.165, 1.54) is 87.3 Å². The summed E-state index contributed by atoms with van der Waals surface area (Å²) in [6, 6.07) is 0. The fourth-order valence-electron chi connectivity index (χ4n) is 3.53. The van der Waals surface area contributed by atoms with Crippen molar-refractivity contribution in [3.8, 4) is 0 Å². The number of likely N-dealkylation sites (N-methyl/N-ethyl adjacent to an activating group) is 4. The molecule has 22 heavy (non-hydrogen) atoms. The van der Waals surface area contributed by atoms with E-state index < -0.39 is 0 Å². The molecule has 0 spiro atoms. The fourth-order valence-corrected chi connectivity index (χ4v) is 3.53. The second kappa shape index (κ2) is 10.3. The van der Waals surface area contributed by atoms with Gasteiger partial charge in [-0.3, -0.25) is 9.80 Å². The molecule has 0 saturated carbocycles. The highest BCUT2D eigenvalue weighted by Crippen LogP contribution is 2.14. The molecule has 0 aromatic carbocycles. The summed E-state index contributed by atoms with van der Waals surface area (Å²) in [5.74, 6) is 0. The molecule has 2 heterocycles. The van der Waals surface area contributed by atoms with Gasteiger partial charge in [-0.15, -0.1) is 0 Å². The SMILES string of the molecule is CN1CC[N+](C)(CCCC[N+]2(C)CCN(C)CC2)CC1.[I-].[I-]. The Hall–Kier alpha value is 1.30. The van der Waals surface area contributed by atoms with Crippen LogP contribution in [-0.4, -0.2) is 112 Å². The minimum Gasteiger partial charge on any atom is -1.00 e. The number of quaternary nitrogens is 2. The van der Waals surface area contributed by atoms with Crippen LogP contribution in [0.4, 0.5) is 0 Å². The van der Waals surface area contributed by atoms with E-state index in [4.69, 9.17) is 0 Å². The van der Waals surface area contributed by atoms with Crippen LogP contribution < -0.4 is 48.0 Å². The highest BCUT2D eigenvalue weighted by Gasteiger charge is 2.29. The van der Waals surface area contributed by atoms with E-state index in [1.807, 2.05) is 0 Å². The summed E-state index contributed by atoms with van der Waals surface area (Å²) in [6.45, 7) is 13.2. The Morgan fingerprint density at radius 3 is 1.18 bits per heavy atom. The summed E-state index contributed by atoms with van der Waals surface area (Å²) in [7, 11) is 9.42. The van der Waals surface area contributed by atoms with Crippen molar-refractivity contribution in [2.75, 3.05) is 93.6 Å². The summed E-state index contributed by atoms with van der Waals surface area (Å²) in [6.07, 6.45) is 2.81. The van der Waals surface area contributed by atoms with Crippen molar-refractivity contribution in [2.24, 2.45) is 0 Å². The van der Waals surface area contributed by atoms with E-state index in [-0.39, 0.29) is 48.0 Å². The number of rotatable bonds is 5. The van der Waals surface area contributed by atoms with E-state index in [0.29, 0.717) is 0 Å². The van der Waals surface area contributed by atoms with E-state index in [1.54, 1.807) is 0 Å². The molecule has 0 atom stereocenters. The summed E-state index contributed by atoms with van der Waals surface area (Å²) in [4.78, 5) is 4.94. The molecular formula is C16H36I2N4. The molecule has 6 heteroatoms. The first-order valence-corrected chi connectivity index (χ1v) is 8.45. The van der Waals surface area contributed by atoms with Gasteiger partial charge in [0, 0.05) is 39.0 Å². The highest BCUT2D eigenvalue weighted by atomic mass is 127. The molecule has 2 aliphatic heterocycles. The lowest BCUT2D eigenvalue weighted by molar-refractivity contribution is -0.919. The molecule has 0 amide bonds. The van der Waals surface area contributed by atoms with Gasteiger partial charge in [0.25, 0.3) is 0 Å². The molecule has 0 bridgehead atoms. The number of nitrogens with zero attached hydrogens (tertiary/aromatic N) is 4. The Morgan fingerprint density at radius 2 is 0.909 bits per heavy atom. The highest BCUT2D eigenvalue weighted by molar-refractivity contribution is 4.60. The third-order valence-electron chi connectivity index (χ3n) is 5.73. The molecule has 0 aromatic rings. The number of halogens is 2. The first-order chi connectivity index (χ1) is 9.41. The second-order valence-corrected chi connectivity index (χ2v) is 7.89. The lowest BCUT2D eigenvalue weighted by atomic mass is 10.2. The van der Waals surface area contributed by atoms with Gasteiger partial charge in [-0.05, 0) is 14.1 Å². The van der Waals surface area contributed by atoms with Gasteiger partial charge in [0.15, 0.2) is 0 Å². The van der Waals surface area contributed by atoms with E-state index in [2.05, 4.69) is 38.0 Å². The van der Waals surface area contributed by atoms with Crippen LogP contribution in [0.5, 0.6) is 0 Å². The van der Waals surface area contributed by atoms with E-state index >= 15 is 0 Å². The first-order valence-electron chi connectivity index (χ1n) is 8.45.